The molecule has 0 spiro atoms. The number of nitrogens with two attached hydrogens (primary N) is 1. The molecule has 0 aromatic carbocycles. The monoisotopic (exact) mass is 272 g/mol. The van der Waals surface area contributed by atoms with Crippen molar-refractivity contribution in [2.75, 3.05) is 11.5 Å². The number of nitrogen functional groups attached to an aromatic ring is 1. The van der Waals surface area contributed by atoms with Gasteiger partial charge >= 0.3 is 0 Å². The second kappa shape index (κ2) is 5.68. The van der Waals surface area contributed by atoms with Crippen LogP contribution in [0, 0.1) is 0 Å². The van der Waals surface area contributed by atoms with Crippen LogP contribution in [-0.2, 0) is 0 Å². The second-order valence-electron chi connectivity index (χ2n) is 3.95. The highest BCUT2D eigenvalue weighted by atomic mass is 32.2. The lowest BCUT2D eigenvalue weighted by molar-refractivity contribution is 0.0937. The summed E-state index contributed by atoms with van der Waals surface area (Å²) >= 11 is 3.05. The molecule has 3 N–H and O–H groups in total. The first-order valence-corrected chi connectivity index (χ1v) is 7.58. The zero-order valence-electron chi connectivity index (χ0n) is 9.68. The zero-order valence-corrected chi connectivity index (χ0v) is 11.3. The Morgan fingerprint density at radius 2 is 2.41 bits per heavy atom. The SMILES string of the molecule is CCSC1CCCC1NC(=O)c1nnc(N)s1. The van der Waals surface area contributed by atoms with Crippen LogP contribution in [0.3, 0.4) is 0 Å². The van der Waals surface area contributed by atoms with Crippen LogP contribution in [0.1, 0.15) is 36.0 Å². The summed E-state index contributed by atoms with van der Waals surface area (Å²) in [5.41, 5.74) is 5.46. The highest BCUT2D eigenvalue weighted by molar-refractivity contribution is 7.99. The summed E-state index contributed by atoms with van der Waals surface area (Å²) in [6, 6.07) is 0.262. The maximum atomic E-state index is 11.9. The Bertz CT molecular complexity index is 395. The molecule has 7 heteroatoms. The number of carbonyl (C=O) groups excluding carboxylic acids is 1. The maximum absolute atomic E-state index is 11.9. The van der Waals surface area contributed by atoms with Crippen LogP contribution in [0.4, 0.5) is 5.13 Å². The van der Waals surface area contributed by atoms with Crippen molar-refractivity contribution < 1.29 is 4.79 Å². The minimum absolute atomic E-state index is 0.146. The molecule has 0 saturated heterocycles. The molecule has 1 aromatic rings. The molecule has 17 heavy (non-hydrogen) atoms. The first kappa shape index (κ1) is 12.6. The number of rotatable bonds is 4. The number of hydrogen-bond donors (Lipinski definition) is 2. The molecule has 0 aliphatic heterocycles. The molecular formula is C10H16N4OS2. The van der Waals surface area contributed by atoms with E-state index < -0.39 is 0 Å². The first-order valence-electron chi connectivity index (χ1n) is 5.72. The van der Waals surface area contributed by atoms with Crippen molar-refractivity contribution in [3.8, 4) is 0 Å². The fourth-order valence-electron chi connectivity index (χ4n) is 2.06. The van der Waals surface area contributed by atoms with Gasteiger partial charge in [0.15, 0.2) is 0 Å². The molecule has 1 heterocycles. The predicted molar refractivity (Wildman–Crippen MR) is 71.3 cm³/mol. The van der Waals surface area contributed by atoms with Gasteiger partial charge in [-0.15, -0.1) is 10.2 Å². The lowest BCUT2D eigenvalue weighted by atomic mass is 10.2. The third kappa shape index (κ3) is 3.10. The zero-order chi connectivity index (χ0) is 12.3. The molecule has 2 atom stereocenters. The van der Waals surface area contributed by atoms with Crippen LogP contribution in [-0.4, -0.2) is 33.1 Å². The third-order valence-corrected chi connectivity index (χ3v) is 4.86. The molecule has 1 fully saturated rings. The number of carbonyl (C=O) groups is 1. The normalized spacial score (nSPS) is 23.8. The lowest BCUT2D eigenvalue weighted by Gasteiger charge is -2.19. The van der Waals surface area contributed by atoms with Gasteiger partial charge in [-0.2, -0.15) is 11.8 Å². The number of nitrogens with zero attached hydrogens (tertiary/aromatic N) is 2. The molecule has 0 radical (unpaired) electrons. The van der Waals surface area contributed by atoms with E-state index in [4.69, 9.17) is 5.73 Å². The average Bonchev–Trinajstić information content (AvgIpc) is 2.89. The van der Waals surface area contributed by atoms with E-state index in [2.05, 4.69) is 22.4 Å². The van der Waals surface area contributed by atoms with Crippen molar-refractivity contribution in [3.05, 3.63) is 5.01 Å². The molecule has 1 aliphatic rings. The van der Waals surface area contributed by atoms with Gasteiger partial charge in [0.1, 0.15) is 0 Å². The Morgan fingerprint density at radius 1 is 1.59 bits per heavy atom. The summed E-state index contributed by atoms with van der Waals surface area (Å²) in [5.74, 6) is 0.941. The summed E-state index contributed by atoms with van der Waals surface area (Å²) < 4.78 is 0. The molecule has 1 saturated carbocycles. The molecule has 5 nitrogen and oxygen atoms in total. The van der Waals surface area contributed by atoms with E-state index in [1.165, 1.54) is 12.8 Å². The molecule has 0 bridgehead atoms. The van der Waals surface area contributed by atoms with Crippen LogP contribution in [0.5, 0.6) is 0 Å². The summed E-state index contributed by atoms with van der Waals surface area (Å²) in [4.78, 5) is 11.9. The molecule has 2 rings (SSSR count). The van der Waals surface area contributed by atoms with E-state index in [-0.39, 0.29) is 11.9 Å². The maximum Gasteiger partial charge on any atom is 0.282 e. The molecular weight excluding hydrogens is 256 g/mol. The van der Waals surface area contributed by atoms with Gasteiger partial charge in [0.2, 0.25) is 10.1 Å². The fraction of sp³-hybridized carbons (Fsp3) is 0.700. The smallest absolute Gasteiger partial charge is 0.282 e. The van der Waals surface area contributed by atoms with Crippen molar-refractivity contribution in [2.24, 2.45) is 0 Å². The van der Waals surface area contributed by atoms with Gasteiger partial charge in [0.05, 0.1) is 0 Å². The number of anilines is 1. The van der Waals surface area contributed by atoms with Crippen LogP contribution >= 0.6 is 23.1 Å². The molecule has 1 aromatic heterocycles. The topological polar surface area (TPSA) is 80.9 Å². The van der Waals surface area contributed by atoms with Crippen molar-refractivity contribution >= 4 is 34.1 Å². The Kier molecular flexibility index (Phi) is 4.22. The van der Waals surface area contributed by atoms with Crippen LogP contribution in [0.25, 0.3) is 0 Å². The minimum Gasteiger partial charge on any atom is -0.374 e. The van der Waals surface area contributed by atoms with E-state index in [9.17, 15) is 4.79 Å². The molecule has 1 amide bonds. The summed E-state index contributed by atoms with van der Waals surface area (Å²) in [5, 5.41) is 11.7. The molecule has 94 valence electrons. The largest absolute Gasteiger partial charge is 0.374 e. The van der Waals surface area contributed by atoms with E-state index in [1.54, 1.807) is 0 Å². The van der Waals surface area contributed by atoms with Crippen LogP contribution < -0.4 is 11.1 Å². The Labute approximate surface area is 109 Å². The number of hydrogen-bond acceptors (Lipinski definition) is 6. The van der Waals surface area contributed by atoms with E-state index in [0.717, 1.165) is 23.5 Å². The van der Waals surface area contributed by atoms with Crippen molar-refractivity contribution in [1.82, 2.24) is 15.5 Å². The predicted octanol–water partition coefficient (Wildman–Crippen LogP) is 1.52. The Balaban J connectivity index is 1.94. The van der Waals surface area contributed by atoms with E-state index in [0.29, 0.717) is 15.4 Å². The Morgan fingerprint density at radius 3 is 3.06 bits per heavy atom. The third-order valence-electron chi connectivity index (χ3n) is 2.78. The second-order valence-corrected chi connectivity index (χ2v) is 6.48. The fourth-order valence-corrected chi connectivity index (χ4v) is 3.77. The van der Waals surface area contributed by atoms with Gasteiger partial charge in [0.25, 0.3) is 5.91 Å². The molecule has 2 unspecified atom stereocenters. The number of nitrogens with one attached hydrogen (secondary N) is 1. The van der Waals surface area contributed by atoms with Crippen molar-refractivity contribution in [1.29, 1.82) is 0 Å². The van der Waals surface area contributed by atoms with Crippen LogP contribution in [0.2, 0.25) is 0 Å². The summed E-state index contributed by atoms with van der Waals surface area (Å²) in [6.45, 7) is 2.15. The summed E-state index contributed by atoms with van der Waals surface area (Å²) in [7, 11) is 0. The van der Waals surface area contributed by atoms with Gasteiger partial charge in [-0.3, -0.25) is 4.79 Å². The highest BCUT2D eigenvalue weighted by Gasteiger charge is 2.29. The number of amides is 1. The van der Waals surface area contributed by atoms with E-state index >= 15 is 0 Å². The molecule has 1 aliphatic carbocycles. The lowest BCUT2D eigenvalue weighted by Crippen LogP contribution is -2.38. The number of thioether (sulfide) groups is 1. The van der Waals surface area contributed by atoms with Gasteiger partial charge in [-0.05, 0) is 18.6 Å². The first-order chi connectivity index (χ1) is 8.20. The quantitative estimate of drug-likeness (QED) is 0.868. The van der Waals surface area contributed by atoms with Gasteiger partial charge in [0, 0.05) is 11.3 Å². The van der Waals surface area contributed by atoms with E-state index in [1.807, 2.05) is 11.8 Å². The number of aromatic nitrogens is 2. The van der Waals surface area contributed by atoms with Crippen molar-refractivity contribution in [2.45, 2.75) is 37.5 Å². The Hall–Kier alpha value is -0.820. The van der Waals surface area contributed by atoms with Gasteiger partial charge in [-0.1, -0.05) is 24.7 Å². The highest BCUT2D eigenvalue weighted by Crippen LogP contribution is 2.30. The standard InChI is InChI=1S/C10H16N4OS2/c1-2-16-7-5-3-4-6(7)12-8(15)9-13-14-10(11)17-9/h6-7H,2-5H2,1H3,(H2,11,14)(H,12,15). The summed E-state index contributed by atoms with van der Waals surface area (Å²) in [6.07, 6.45) is 3.42. The average molecular weight is 272 g/mol. The van der Waals surface area contributed by atoms with Crippen molar-refractivity contribution in [3.63, 3.8) is 0 Å². The van der Waals surface area contributed by atoms with Gasteiger partial charge < -0.3 is 11.1 Å². The van der Waals surface area contributed by atoms with Crippen LogP contribution in [0.15, 0.2) is 0 Å². The van der Waals surface area contributed by atoms with Gasteiger partial charge in [-0.25, -0.2) is 0 Å². The minimum atomic E-state index is -0.146.